The normalized spacial score (nSPS) is 26.1. The maximum absolute atomic E-state index is 14.8. The van der Waals surface area contributed by atoms with Crippen LogP contribution in [0.4, 0.5) is 9.18 Å². The van der Waals surface area contributed by atoms with E-state index >= 15 is 0 Å². The number of carbonyl (C=O) groups is 4. The minimum atomic E-state index is -3.92. The number of hydrogen-bond acceptors (Lipinski definition) is 8. The molecule has 0 aromatic heterocycles. The van der Waals surface area contributed by atoms with Gasteiger partial charge in [-0.1, -0.05) is 62.7 Å². The zero-order valence-electron chi connectivity index (χ0n) is 31.6. The van der Waals surface area contributed by atoms with Gasteiger partial charge < -0.3 is 25.0 Å². The SMILES string of the molecule is C=C[C@@H]1C[C@]1(NC(=O)[C@@H]1C[C@@](OC)(c2ccc(-c3cc(C)ccc3F)cc2)CN1C(=O)[C@@H](NC(=O)OC1CCCC1)C(C)(C)C)C(=O)NS(=O)(=O)C1CC1. The van der Waals surface area contributed by atoms with Gasteiger partial charge in [-0.3, -0.25) is 19.1 Å². The minimum absolute atomic E-state index is 0.0422. The number of ether oxygens (including phenoxy) is 2. The van der Waals surface area contributed by atoms with E-state index in [1.54, 1.807) is 57.2 Å². The molecule has 0 radical (unpaired) electrons. The van der Waals surface area contributed by atoms with Crippen molar-refractivity contribution in [1.29, 1.82) is 0 Å². The van der Waals surface area contributed by atoms with E-state index in [1.165, 1.54) is 24.2 Å². The van der Waals surface area contributed by atoms with Crippen LogP contribution in [0.25, 0.3) is 11.1 Å². The van der Waals surface area contributed by atoms with E-state index in [-0.39, 0.29) is 31.3 Å². The Morgan fingerprint density at radius 2 is 1.69 bits per heavy atom. The summed E-state index contributed by atoms with van der Waals surface area (Å²) in [5.74, 6) is -3.03. The molecule has 1 heterocycles. The van der Waals surface area contributed by atoms with Crippen LogP contribution in [0.1, 0.15) is 83.3 Å². The van der Waals surface area contributed by atoms with Crippen LogP contribution < -0.4 is 15.4 Å². The largest absolute Gasteiger partial charge is 0.446 e. The molecule has 5 atom stereocenters. The van der Waals surface area contributed by atoms with Gasteiger partial charge in [-0.05, 0) is 80.5 Å². The number of aryl methyl sites for hydroxylation is 1. The average Bonchev–Trinajstić information content (AvgIpc) is 4.01. The highest BCUT2D eigenvalue weighted by molar-refractivity contribution is 7.91. The molecule has 14 heteroatoms. The number of rotatable bonds is 12. The first-order valence-electron chi connectivity index (χ1n) is 18.6. The number of nitrogens with one attached hydrogen (secondary N) is 3. The maximum atomic E-state index is 14.8. The first-order valence-corrected chi connectivity index (χ1v) is 20.2. The first-order chi connectivity index (χ1) is 25.4. The molecule has 3 saturated carbocycles. The van der Waals surface area contributed by atoms with E-state index in [9.17, 15) is 32.0 Å². The molecule has 2 aromatic rings. The molecule has 4 amide bonds. The van der Waals surface area contributed by atoms with Gasteiger partial charge in [0.25, 0.3) is 5.91 Å². The summed E-state index contributed by atoms with van der Waals surface area (Å²) in [7, 11) is -2.45. The predicted molar refractivity (Wildman–Crippen MR) is 200 cm³/mol. The number of amides is 4. The standard InChI is InChI=1S/C40H51FN4O8S/c1-7-26-21-40(26,36(48)44-54(50,51)29-17-18-29)43-34(46)32-22-39(52-6,27-15-13-25(14-16-27)30-20-24(2)12-19-31(30)41)23-45(32)35(47)33(38(3,4)5)42-37(49)53-28-10-8-9-11-28/h7,12-16,19-20,26,28-29,32-33H,1,8-11,17-18,21-23H2,2-6H3,(H,42,49)(H,43,46)(H,44,48)/t26-,32+,33-,39+,40-/m1/s1. The third kappa shape index (κ3) is 7.91. The number of hydrogen-bond donors (Lipinski definition) is 3. The monoisotopic (exact) mass is 766 g/mol. The third-order valence-corrected chi connectivity index (χ3v) is 13.2. The number of alkyl carbamates (subject to hydrolysis) is 1. The third-order valence-electron chi connectivity index (χ3n) is 11.3. The number of likely N-dealkylation sites (tertiary alicyclic amines) is 1. The number of methoxy groups -OCH3 is 1. The molecule has 3 aliphatic carbocycles. The minimum Gasteiger partial charge on any atom is -0.446 e. The van der Waals surface area contributed by atoms with Crippen molar-refractivity contribution in [1.82, 2.24) is 20.3 Å². The molecule has 0 unspecified atom stereocenters. The van der Waals surface area contributed by atoms with Gasteiger partial charge in [-0.2, -0.15) is 0 Å². The Morgan fingerprint density at radius 1 is 1.02 bits per heavy atom. The predicted octanol–water partition coefficient (Wildman–Crippen LogP) is 5.00. The zero-order valence-corrected chi connectivity index (χ0v) is 32.4. The molecule has 4 fully saturated rings. The van der Waals surface area contributed by atoms with Crippen LogP contribution >= 0.6 is 0 Å². The lowest BCUT2D eigenvalue weighted by atomic mass is 9.85. The van der Waals surface area contributed by atoms with Crippen LogP contribution in [0.3, 0.4) is 0 Å². The fourth-order valence-electron chi connectivity index (χ4n) is 7.77. The fourth-order valence-corrected chi connectivity index (χ4v) is 9.13. The molecule has 4 aliphatic rings. The smallest absolute Gasteiger partial charge is 0.408 e. The Hall–Kier alpha value is -4.30. The van der Waals surface area contributed by atoms with Gasteiger partial charge in [0.15, 0.2) is 0 Å². The van der Waals surface area contributed by atoms with E-state index in [0.29, 0.717) is 29.5 Å². The second kappa shape index (κ2) is 14.7. The molecule has 3 N–H and O–H groups in total. The first kappa shape index (κ1) is 39.4. The van der Waals surface area contributed by atoms with Crippen molar-refractivity contribution in [3.63, 3.8) is 0 Å². The second-order valence-electron chi connectivity index (χ2n) is 16.4. The Labute approximate surface area is 316 Å². The number of sulfonamides is 1. The van der Waals surface area contributed by atoms with Crippen molar-refractivity contribution in [2.24, 2.45) is 11.3 Å². The van der Waals surface area contributed by atoms with Crippen molar-refractivity contribution in [3.8, 4) is 11.1 Å². The molecule has 0 spiro atoms. The Kier molecular flexibility index (Phi) is 10.8. The molecular weight excluding hydrogens is 716 g/mol. The molecule has 1 saturated heterocycles. The van der Waals surface area contributed by atoms with Gasteiger partial charge in [0.05, 0.1) is 11.8 Å². The average molecular weight is 767 g/mol. The summed E-state index contributed by atoms with van der Waals surface area (Å²) in [5, 5.41) is 4.93. The molecule has 1 aliphatic heterocycles. The van der Waals surface area contributed by atoms with Crippen molar-refractivity contribution >= 4 is 33.8 Å². The van der Waals surface area contributed by atoms with E-state index in [0.717, 1.165) is 31.2 Å². The maximum Gasteiger partial charge on any atom is 0.408 e. The van der Waals surface area contributed by atoms with Gasteiger partial charge in [0.1, 0.15) is 35.1 Å². The molecule has 12 nitrogen and oxygen atoms in total. The molecular formula is C40H51FN4O8S. The highest BCUT2D eigenvalue weighted by atomic mass is 32.2. The van der Waals surface area contributed by atoms with Crippen LogP contribution in [0, 0.1) is 24.1 Å². The Bertz CT molecular complexity index is 1920. The lowest BCUT2D eigenvalue weighted by molar-refractivity contribution is -0.143. The number of nitrogens with zero attached hydrogens (tertiary/aromatic N) is 1. The highest BCUT2D eigenvalue weighted by Crippen LogP contribution is 2.47. The summed E-state index contributed by atoms with van der Waals surface area (Å²) >= 11 is 0. The van der Waals surface area contributed by atoms with Gasteiger partial charge >= 0.3 is 6.09 Å². The number of benzene rings is 2. The van der Waals surface area contributed by atoms with Crippen LogP contribution in [0.15, 0.2) is 55.1 Å². The van der Waals surface area contributed by atoms with Gasteiger partial charge in [-0.25, -0.2) is 17.6 Å². The van der Waals surface area contributed by atoms with E-state index in [2.05, 4.69) is 21.9 Å². The summed E-state index contributed by atoms with van der Waals surface area (Å²) in [6.45, 7) is 10.9. The molecule has 292 valence electrons. The highest BCUT2D eigenvalue weighted by Gasteiger charge is 2.62. The van der Waals surface area contributed by atoms with Crippen LogP contribution in [-0.4, -0.2) is 79.8 Å². The van der Waals surface area contributed by atoms with E-state index in [1.807, 2.05) is 6.92 Å². The van der Waals surface area contributed by atoms with Crippen molar-refractivity contribution in [2.45, 2.75) is 114 Å². The lowest BCUT2D eigenvalue weighted by Crippen LogP contribution is -2.60. The van der Waals surface area contributed by atoms with Crippen LogP contribution in [-0.2, 0) is 39.5 Å². The van der Waals surface area contributed by atoms with Gasteiger partial charge in [0.2, 0.25) is 21.8 Å². The number of carbonyl (C=O) groups excluding carboxylic acids is 4. The molecule has 54 heavy (non-hydrogen) atoms. The summed E-state index contributed by atoms with van der Waals surface area (Å²) in [4.78, 5) is 57.3. The van der Waals surface area contributed by atoms with Crippen molar-refractivity contribution in [3.05, 3.63) is 72.1 Å². The molecule has 2 aromatic carbocycles. The van der Waals surface area contributed by atoms with Crippen LogP contribution in [0.2, 0.25) is 0 Å². The number of halogens is 1. The van der Waals surface area contributed by atoms with Gasteiger partial charge in [0, 0.05) is 25.0 Å². The van der Waals surface area contributed by atoms with Crippen LogP contribution in [0.5, 0.6) is 0 Å². The van der Waals surface area contributed by atoms with Gasteiger partial charge in [-0.15, -0.1) is 6.58 Å². The van der Waals surface area contributed by atoms with E-state index in [4.69, 9.17) is 9.47 Å². The quantitative estimate of drug-likeness (QED) is 0.255. The Morgan fingerprint density at radius 3 is 2.26 bits per heavy atom. The second-order valence-corrected chi connectivity index (χ2v) is 18.3. The molecule has 0 bridgehead atoms. The summed E-state index contributed by atoms with van der Waals surface area (Å²) in [6, 6.07) is 9.57. The topological polar surface area (TPSA) is 160 Å². The summed E-state index contributed by atoms with van der Waals surface area (Å²) < 4.78 is 54.3. The van der Waals surface area contributed by atoms with E-state index < -0.39 is 73.6 Å². The zero-order chi connectivity index (χ0) is 39.2. The Balaban J connectivity index is 1.33. The molecule has 6 rings (SSSR count). The summed E-state index contributed by atoms with van der Waals surface area (Å²) in [6.07, 6.45) is 4.87. The van der Waals surface area contributed by atoms with Crippen molar-refractivity contribution in [2.75, 3.05) is 13.7 Å². The fraction of sp³-hybridized carbons (Fsp3) is 0.550. The lowest BCUT2D eigenvalue weighted by Gasteiger charge is -2.36. The van der Waals surface area contributed by atoms with Crippen molar-refractivity contribution < 1.29 is 41.5 Å². The summed E-state index contributed by atoms with van der Waals surface area (Å²) in [5.41, 5.74) is -1.08.